The molecule has 0 N–H and O–H groups in total. The Bertz CT molecular complexity index is 813. The summed E-state index contributed by atoms with van der Waals surface area (Å²) in [6.45, 7) is 1.95. The fourth-order valence-corrected chi connectivity index (χ4v) is 3.38. The number of nitrogens with zero attached hydrogens (tertiary/aromatic N) is 6. The number of hydrogen-bond acceptors (Lipinski definition) is 5. The number of anilines is 1. The molecule has 0 aromatic carbocycles. The maximum Gasteiger partial charge on any atom is 0.128 e. The Kier molecular flexibility index (Phi) is 3.94. The predicted molar refractivity (Wildman–Crippen MR) is 92.7 cm³/mol. The van der Waals surface area contributed by atoms with E-state index >= 15 is 0 Å². The van der Waals surface area contributed by atoms with Gasteiger partial charge < -0.3 is 9.47 Å². The third-order valence-electron chi connectivity index (χ3n) is 4.57. The van der Waals surface area contributed by atoms with Crippen molar-refractivity contribution < 1.29 is 0 Å². The van der Waals surface area contributed by atoms with Crippen LogP contribution in [0.1, 0.15) is 24.5 Å². The molecule has 3 aromatic rings. The number of aromatic nitrogens is 5. The number of imidazole rings is 1. The number of rotatable bonds is 3. The molecule has 4 rings (SSSR count). The van der Waals surface area contributed by atoms with E-state index in [1.165, 1.54) is 0 Å². The van der Waals surface area contributed by atoms with Crippen LogP contribution >= 0.6 is 0 Å². The van der Waals surface area contributed by atoms with Gasteiger partial charge in [0.1, 0.15) is 11.5 Å². The second kappa shape index (κ2) is 6.39. The van der Waals surface area contributed by atoms with Gasteiger partial charge in [0.05, 0.1) is 23.9 Å². The van der Waals surface area contributed by atoms with E-state index in [0.29, 0.717) is 5.92 Å². The predicted octanol–water partition coefficient (Wildman–Crippen LogP) is 2.66. The average Bonchev–Trinajstić information content (AvgIpc) is 3.08. The highest BCUT2D eigenvalue weighted by molar-refractivity contribution is 5.58. The average molecular weight is 320 g/mol. The zero-order valence-electron chi connectivity index (χ0n) is 13.7. The summed E-state index contributed by atoms with van der Waals surface area (Å²) in [5.41, 5.74) is 3.00. The molecule has 0 aliphatic carbocycles. The van der Waals surface area contributed by atoms with Crippen molar-refractivity contribution in [2.75, 3.05) is 18.0 Å². The summed E-state index contributed by atoms with van der Waals surface area (Å²) in [4.78, 5) is 20.3. The van der Waals surface area contributed by atoms with Crippen molar-refractivity contribution in [2.24, 2.45) is 7.05 Å². The molecule has 24 heavy (non-hydrogen) atoms. The summed E-state index contributed by atoms with van der Waals surface area (Å²) >= 11 is 0. The Morgan fingerprint density at radius 1 is 1.08 bits per heavy atom. The number of pyridine rings is 1. The highest BCUT2D eigenvalue weighted by atomic mass is 15.2. The zero-order chi connectivity index (χ0) is 16.4. The van der Waals surface area contributed by atoms with Crippen molar-refractivity contribution in [1.29, 1.82) is 0 Å². The Labute approximate surface area is 141 Å². The van der Waals surface area contributed by atoms with Crippen LogP contribution in [0.15, 0.2) is 49.3 Å². The third kappa shape index (κ3) is 2.75. The monoisotopic (exact) mass is 320 g/mol. The minimum Gasteiger partial charge on any atom is -0.356 e. The number of piperidine rings is 1. The first-order valence-electron chi connectivity index (χ1n) is 8.26. The molecular formula is C18H20N6. The lowest BCUT2D eigenvalue weighted by Gasteiger charge is -2.33. The van der Waals surface area contributed by atoms with E-state index in [0.717, 1.165) is 48.8 Å². The van der Waals surface area contributed by atoms with Gasteiger partial charge in [0.15, 0.2) is 0 Å². The van der Waals surface area contributed by atoms with Crippen molar-refractivity contribution in [1.82, 2.24) is 24.5 Å². The van der Waals surface area contributed by atoms with Crippen LogP contribution in [0.3, 0.4) is 0 Å². The number of hydrogen-bond donors (Lipinski definition) is 0. The first-order chi connectivity index (χ1) is 11.8. The van der Waals surface area contributed by atoms with E-state index in [2.05, 4.69) is 30.9 Å². The summed E-state index contributed by atoms with van der Waals surface area (Å²) in [7, 11) is 1.99. The van der Waals surface area contributed by atoms with Gasteiger partial charge in [0, 0.05) is 44.6 Å². The summed E-state index contributed by atoms with van der Waals surface area (Å²) in [6.07, 6.45) is 11.3. The molecule has 0 radical (unpaired) electrons. The van der Waals surface area contributed by atoms with Crippen molar-refractivity contribution in [3.05, 3.63) is 55.0 Å². The Balaban J connectivity index is 1.66. The zero-order valence-corrected chi connectivity index (χ0v) is 13.7. The van der Waals surface area contributed by atoms with Gasteiger partial charge in [-0.05, 0) is 25.0 Å². The molecule has 1 aliphatic rings. The van der Waals surface area contributed by atoms with Crippen LogP contribution in [-0.2, 0) is 7.05 Å². The van der Waals surface area contributed by atoms with Crippen molar-refractivity contribution >= 4 is 5.82 Å². The quantitative estimate of drug-likeness (QED) is 0.742. The molecule has 6 nitrogen and oxygen atoms in total. The molecule has 0 spiro atoms. The van der Waals surface area contributed by atoms with Crippen molar-refractivity contribution in [3.63, 3.8) is 0 Å². The smallest absolute Gasteiger partial charge is 0.128 e. The van der Waals surface area contributed by atoms with E-state index < -0.39 is 0 Å². The third-order valence-corrected chi connectivity index (χ3v) is 4.57. The summed E-state index contributed by atoms with van der Waals surface area (Å²) in [5.74, 6) is 1.38. The maximum absolute atomic E-state index is 4.68. The van der Waals surface area contributed by atoms with Gasteiger partial charge in [-0.15, -0.1) is 0 Å². The fraction of sp³-hybridized carbons (Fsp3) is 0.333. The molecule has 3 aromatic heterocycles. The van der Waals surface area contributed by atoms with E-state index in [4.69, 9.17) is 0 Å². The topological polar surface area (TPSA) is 59.7 Å². The molecule has 1 atom stereocenters. The lowest BCUT2D eigenvalue weighted by atomic mass is 9.92. The van der Waals surface area contributed by atoms with Gasteiger partial charge in [-0.2, -0.15) is 0 Å². The lowest BCUT2D eigenvalue weighted by molar-refractivity contribution is 0.498. The van der Waals surface area contributed by atoms with E-state index in [9.17, 15) is 0 Å². The Morgan fingerprint density at radius 2 is 2.00 bits per heavy atom. The fourth-order valence-electron chi connectivity index (χ4n) is 3.38. The second-order valence-corrected chi connectivity index (χ2v) is 6.15. The van der Waals surface area contributed by atoms with Gasteiger partial charge in [-0.1, -0.05) is 6.07 Å². The summed E-state index contributed by atoms with van der Waals surface area (Å²) < 4.78 is 1.99. The number of aryl methyl sites for hydroxylation is 1. The Morgan fingerprint density at radius 3 is 2.79 bits per heavy atom. The molecule has 0 amide bonds. The van der Waals surface area contributed by atoms with Crippen LogP contribution in [0.4, 0.5) is 5.82 Å². The molecular weight excluding hydrogens is 300 g/mol. The van der Waals surface area contributed by atoms with Crippen LogP contribution in [-0.4, -0.2) is 37.6 Å². The summed E-state index contributed by atoms with van der Waals surface area (Å²) in [6, 6.07) is 6.06. The van der Waals surface area contributed by atoms with Gasteiger partial charge in [0.2, 0.25) is 0 Å². The van der Waals surface area contributed by atoms with Crippen LogP contribution < -0.4 is 4.90 Å². The normalized spacial score (nSPS) is 17.9. The minimum absolute atomic E-state index is 0.347. The molecule has 4 heterocycles. The molecule has 0 saturated carbocycles. The molecule has 1 saturated heterocycles. The van der Waals surface area contributed by atoms with Crippen LogP contribution in [0.2, 0.25) is 0 Å². The molecule has 1 fully saturated rings. The van der Waals surface area contributed by atoms with Gasteiger partial charge >= 0.3 is 0 Å². The molecule has 1 aliphatic heterocycles. The first-order valence-corrected chi connectivity index (χ1v) is 8.26. The van der Waals surface area contributed by atoms with Crippen molar-refractivity contribution in [3.8, 4) is 11.4 Å². The molecule has 0 unspecified atom stereocenters. The standard InChI is InChI=1S/C18H20N6/c1-23-13-19-11-15(23)18-17(21-8-9-22-18)14-5-4-10-24(12-14)16-6-2-3-7-20-16/h2-3,6-9,11,13-14H,4-5,10,12H2,1H3/t14-/m1/s1. The van der Waals surface area contributed by atoms with Gasteiger partial charge in [0.25, 0.3) is 0 Å². The Hall–Kier alpha value is -2.76. The van der Waals surface area contributed by atoms with E-state index in [1.54, 1.807) is 18.7 Å². The highest BCUT2D eigenvalue weighted by Crippen LogP contribution is 2.32. The maximum atomic E-state index is 4.68. The lowest BCUT2D eigenvalue weighted by Crippen LogP contribution is -2.35. The van der Waals surface area contributed by atoms with Crippen LogP contribution in [0.5, 0.6) is 0 Å². The second-order valence-electron chi connectivity index (χ2n) is 6.15. The highest BCUT2D eigenvalue weighted by Gasteiger charge is 2.26. The van der Waals surface area contributed by atoms with Crippen molar-refractivity contribution in [2.45, 2.75) is 18.8 Å². The van der Waals surface area contributed by atoms with Gasteiger partial charge in [-0.25, -0.2) is 9.97 Å². The first kappa shape index (κ1) is 14.8. The van der Waals surface area contributed by atoms with E-state index in [-0.39, 0.29) is 0 Å². The van der Waals surface area contributed by atoms with Crippen LogP contribution in [0.25, 0.3) is 11.4 Å². The van der Waals surface area contributed by atoms with Crippen LogP contribution in [0, 0.1) is 0 Å². The minimum atomic E-state index is 0.347. The van der Waals surface area contributed by atoms with Gasteiger partial charge in [-0.3, -0.25) is 9.97 Å². The SMILES string of the molecule is Cn1cncc1-c1nccnc1[C@@H]1CCCN(c2ccccn2)C1. The van der Waals surface area contributed by atoms with E-state index in [1.807, 2.05) is 36.1 Å². The summed E-state index contributed by atoms with van der Waals surface area (Å²) in [5, 5.41) is 0. The largest absolute Gasteiger partial charge is 0.356 e. The molecule has 6 heteroatoms. The molecule has 0 bridgehead atoms. The molecule has 122 valence electrons.